The number of carbonyl (C=O) groups is 2. The summed E-state index contributed by atoms with van der Waals surface area (Å²) in [6.45, 7) is 10.1. The van der Waals surface area contributed by atoms with Crippen LogP contribution in [0.3, 0.4) is 0 Å². The zero-order valence-corrected chi connectivity index (χ0v) is 20.6. The number of amidine groups is 2. The van der Waals surface area contributed by atoms with Crippen LogP contribution in [0.4, 0.5) is 11.4 Å². The average molecular weight is 463 g/mol. The average Bonchev–Trinajstić information content (AvgIpc) is 3.17. The Balaban J connectivity index is 1.64. The Hall–Kier alpha value is -2.93. The van der Waals surface area contributed by atoms with Gasteiger partial charge in [0.1, 0.15) is 11.9 Å². The molecule has 3 atom stereocenters. The standard InChI is InChI=1S/C26H30N4O2S/c1-6-16(4)22-25(32)30-23(29-22)18-10-8-9-11-19(18)28-26(30)33-21(7-2)24(31)27-20-14-15(3)12-13-17(20)5/h8-14,16,21-22H,6-7H2,1-5H3,(H,27,31)/t16-,21-,22-/m0/s1. The van der Waals surface area contributed by atoms with Gasteiger partial charge in [-0.25, -0.2) is 9.89 Å². The van der Waals surface area contributed by atoms with Gasteiger partial charge in [0.05, 0.1) is 10.9 Å². The molecule has 0 radical (unpaired) electrons. The number of hydrogen-bond donors (Lipinski definition) is 1. The van der Waals surface area contributed by atoms with Crippen molar-refractivity contribution in [3.8, 4) is 0 Å². The van der Waals surface area contributed by atoms with Crippen LogP contribution in [0.15, 0.2) is 52.4 Å². The van der Waals surface area contributed by atoms with E-state index in [0.29, 0.717) is 17.4 Å². The van der Waals surface area contributed by atoms with E-state index in [9.17, 15) is 9.59 Å². The molecule has 7 heteroatoms. The summed E-state index contributed by atoms with van der Waals surface area (Å²) in [7, 11) is 0. The summed E-state index contributed by atoms with van der Waals surface area (Å²) in [5.74, 6) is 0.609. The van der Waals surface area contributed by atoms with Crippen LogP contribution >= 0.6 is 11.8 Å². The van der Waals surface area contributed by atoms with Gasteiger partial charge in [-0.3, -0.25) is 14.6 Å². The van der Waals surface area contributed by atoms with Crippen molar-refractivity contribution in [1.29, 1.82) is 0 Å². The lowest BCUT2D eigenvalue weighted by atomic mass is 10.00. The molecule has 0 aromatic heterocycles. The fourth-order valence-electron chi connectivity index (χ4n) is 3.98. The highest BCUT2D eigenvalue weighted by Crippen LogP contribution is 2.36. The maximum atomic E-state index is 13.4. The van der Waals surface area contributed by atoms with Crippen molar-refractivity contribution in [3.63, 3.8) is 0 Å². The molecule has 1 N–H and O–H groups in total. The van der Waals surface area contributed by atoms with Gasteiger partial charge in [-0.2, -0.15) is 0 Å². The van der Waals surface area contributed by atoms with Gasteiger partial charge < -0.3 is 5.32 Å². The van der Waals surface area contributed by atoms with Gasteiger partial charge in [-0.05, 0) is 55.5 Å². The van der Waals surface area contributed by atoms with Crippen molar-refractivity contribution >= 4 is 46.0 Å². The summed E-state index contributed by atoms with van der Waals surface area (Å²) in [6, 6.07) is 13.3. The summed E-state index contributed by atoms with van der Waals surface area (Å²) >= 11 is 1.33. The summed E-state index contributed by atoms with van der Waals surface area (Å²) in [6.07, 6.45) is 1.46. The lowest BCUT2D eigenvalue weighted by molar-refractivity contribution is -0.125. The van der Waals surface area contributed by atoms with E-state index in [1.165, 1.54) is 11.8 Å². The third kappa shape index (κ3) is 4.47. The summed E-state index contributed by atoms with van der Waals surface area (Å²) in [5, 5.41) is 3.19. The molecular weight excluding hydrogens is 432 g/mol. The van der Waals surface area contributed by atoms with Gasteiger partial charge >= 0.3 is 0 Å². The number of benzene rings is 2. The molecular formula is C26H30N4O2S. The first-order valence-corrected chi connectivity index (χ1v) is 12.4. The van der Waals surface area contributed by atoms with Crippen LogP contribution in [-0.2, 0) is 9.59 Å². The first-order chi connectivity index (χ1) is 15.8. The van der Waals surface area contributed by atoms with Crippen molar-refractivity contribution in [2.45, 2.75) is 58.8 Å². The Morgan fingerprint density at radius 3 is 2.64 bits per heavy atom. The van der Waals surface area contributed by atoms with Crippen molar-refractivity contribution in [2.75, 3.05) is 5.32 Å². The third-order valence-electron chi connectivity index (χ3n) is 6.24. The number of carbonyl (C=O) groups excluding carboxylic acids is 2. The number of hydrogen-bond acceptors (Lipinski definition) is 5. The van der Waals surface area contributed by atoms with E-state index >= 15 is 0 Å². The molecule has 2 aliphatic rings. The van der Waals surface area contributed by atoms with Gasteiger partial charge in [0.2, 0.25) is 5.91 Å². The second-order valence-corrected chi connectivity index (χ2v) is 9.86. The number of aryl methyl sites for hydroxylation is 2. The number of aliphatic imine (C=N–C) groups is 2. The van der Waals surface area contributed by atoms with E-state index < -0.39 is 11.3 Å². The molecule has 0 unspecified atom stereocenters. The van der Waals surface area contributed by atoms with Crippen LogP contribution in [0, 0.1) is 19.8 Å². The van der Waals surface area contributed by atoms with Crippen molar-refractivity contribution < 1.29 is 9.59 Å². The van der Waals surface area contributed by atoms with E-state index in [2.05, 4.69) is 12.2 Å². The highest BCUT2D eigenvalue weighted by molar-refractivity contribution is 8.15. The number of fused-ring (bicyclic) bond motifs is 3. The first-order valence-electron chi connectivity index (χ1n) is 11.5. The van der Waals surface area contributed by atoms with Gasteiger partial charge in [-0.1, -0.05) is 63.2 Å². The number of thioether (sulfide) groups is 1. The second-order valence-electron chi connectivity index (χ2n) is 8.69. The number of rotatable bonds is 6. The van der Waals surface area contributed by atoms with E-state index in [1.807, 2.05) is 70.2 Å². The fourth-order valence-corrected chi connectivity index (χ4v) is 5.00. The molecule has 2 aliphatic heterocycles. The first kappa shape index (κ1) is 23.2. The molecule has 172 valence electrons. The van der Waals surface area contributed by atoms with Crippen LogP contribution in [0.1, 0.15) is 50.3 Å². The molecule has 0 bridgehead atoms. The van der Waals surface area contributed by atoms with E-state index in [-0.39, 0.29) is 17.7 Å². The Morgan fingerprint density at radius 2 is 1.91 bits per heavy atom. The Kier molecular flexibility index (Phi) is 6.70. The van der Waals surface area contributed by atoms with Crippen molar-refractivity contribution in [2.24, 2.45) is 15.9 Å². The summed E-state index contributed by atoms with van der Waals surface area (Å²) < 4.78 is 0. The Bertz CT molecular complexity index is 1160. The smallest absolute Gasteiger partial charge is 0.259 e. The molecule has 33 heavy (non-hydrogen) atoms. The normalized spacial score (nSPS) is 18.8. The number of nitrogens with zero attached hydrogens (tertiary/aromatic N) is 3. The molecule has 2 aromatic rings. The predicted octanol–water partition coefficient (Wildman–Crippen LogP) is 5.46. The topological polar surface area (TPSA) is 74.1 Å². The monoisotopic (exact) mass is 462 g/mol. The zero-order valence-electron chi connectivity index (χ0n) is 19.8. The minimum atomic E-state index is -0.425. The molecule has 0 saturated carbocycles. The van der Waals surface area contributed by atoms with Gasteiger partial charge in [0.15, 0.2) is 5.17 Å². The minimum Gasteiger partial charge on any atom is -0.325 e. The molecule has 0 saturated heterocycles. The van der Waals surface area contributed by atoms with Crippen LogP contribution < -0.4 is 5.32 Å². The molecule has 0 fully saturated rings. The SMILES string of the molecule is CC[C@H](SC1=Nc2ccccc2C2=N[C@@H]([C@@H](C)CC)C(=O)N12)C(=O)Nc1cc(C)ccc1C. The van der Waals surface area contributed by atoms with Crippen molar-refractivity contribution in [3.05, 3.63) is 59.2 Å². The predicted molar refractivity (Wildman–Crippen MR) is 136 cm³/mol. The molecule has 2 amide bonds. The molecule has 0 aliphatic carbocycles. The van der Waals surface area contributed by atoms with Gasteiger partial charge in [0, 0.05) is 11.3 Å². The minimum absolute atomic E-state index is 0.0649. The van der Waals surface area contributed by atoms with Crippen LogP contribution in [0.5, 0.6) is 0 Å². The van der Waals surface area contributed by atoms with E-state index in [1.54, 1.807) is 4.90 Å². The third-order valence-corrected chi connectivity index (χ3v) is 7.56. The zero-order chi connectivity index (χ0) is 23.7. The largest absolute Gasteiger partial charge is 0.325 e. The van der Waals surface area contributed by atoms with Crippen LogP contribution in [0.2, 0.25) is 0 Å². The fraction of sp³-hybridized carbons (Fsp3) is 0.385. The number of nitrogens with one attached hydrogen (secondary N) is 1. The number of para-hydroxylation sites is 1. The Morgan fingerprint density at radius 1 is 1.15 bits per heavy atom. The quantitative estimate of drug-likeness (QED) is 0.620. The molecule has 6 nitrogen and oxygen atoms in total. The highest BCUT2D eigenvalue weighted by Gasteiger charge is 2.43. The van der Waals surface area contributed by atoms with Gasteiger partial charge in [0.25, 0.3) is 5.91 Å². The second kappa shape index (κ2) is 9.51. The molecule has 2 aromatic carbocycles. The molecule has 0 spiro atoms. The Labute approximate surface area is 199 Å². The van der Waals surface area contributed by atoms with E-state index in [4.69, 9.17) is 9.98 Å². The lowest BCUT2D eigenvalue weighted by Crippen LogP contribution is -2.43. The molecule has 2 heterocycles. The maximum Gasteiger partial charge on any atom is 0.259 e. The number of anilines is 1. The summed E-state index contributed by atoms with van der Waals surface area (Å²) in [4.78, 5) is 37.8. The van der Waals surface area contributed by atoms with Gasteiger partial charge in [-0.15, -0.1) is 0 Å². The maximum absolute atomic E-state index is 13.4. The summed E-state index contributed by atoms with van der Waals surface area (Å²) in [5.41, 5.74) is 4.54. The van der Waals surface area contributed by atoms with Crippen LogP contribution in [0.25, 0.3) is 0 Å². The highest BCUT2D eigenvalue weighted by atomic mass is 32.2. The van der Waals surface area contributed by atoms with E-state index in [0.717, 1.165) is 34.5 Å². The number of amides is 2. The molecule has 4 rings (SSSR count). The van der Waals surface area contributed by atoms with Crippen molar-refractivity contribution in [1.82, 2.24) is 4.90 Å². The lowest BCUT2D eigenvalue weighted by Gasteiger charge is -2.28. The van der Waals surface area contributed by atoms with Crippen LogP contribution in [-0.4, -0.2) is 39.0 Å².